The number of ether oxygens (including phenoxy) is 2. The molecule has 0 N–H and O–H groups in total. The van der Waals surface area contributed by atoms with Crippen LogP contribution in [0.5, 0.6) is 11.5 Å². The molecule has 1 atom stereocenters. The van der Waals surface area contributed by atoms with Crippen LogP contribution in [0.1, 0.15) is 60.5 Å². The second-order valence-electron chi connectivity index (χ2n) is 9.60. The number of carbonyl (C=O) groups is 1. The van der Waals surface area contributed by atoms with Crippen molar-refractivity contribution >= 4 is 17.7 Å². The Balaban J connectivity index is 1.46. The lowest BCUT2D eigenvalue weighted by Crippen LogP contribution is -2.52. The molecule has 1 amide bonds. The van der Waals surface area contributed by atoms with Crippen LogP contribution in [0.25, 0.3) is 0 Å². The molecule has 4 rings (SSSR count). The molecule has 2 aliphatic heterocycles. The lowest BCUT2D eigenvalue weighted by Gasteiger charge is -2.47. The van der Waals surface area contributed by atoms with Crippen LogP contribution in [0.3, 0.4) is 0 Å². The van der Waals surface area contributed by atoms with Crippen LogP contribution in [0, 0.1) is 5.92 Å². The number of likely N-dealkylation sites (tertiary alicyclic amines) is 1. The maximum atomic E-state index is 13.3. The second-order valence-corrected chi connectivity index (χ2v) is 10.5. The number of benzene rings is 2. The van der Waals surface area contributed by atoms with E-state index in [1.54, 1.807) is 7.11 Å². The van der Waals surface area contributed by atoms with E-state index < -0.39 is 0 Å². The Bertz CT molecular complexity index is 950. The van der Waals surface area contributed by atoms with Crippen LogP contribution in [0.15, 0.2) is 42.5 Å². The van der Waals surface area contributed by atoms with Gasteiger partial charge in [0.1, 0.15) is 17.1 Å². The molecule has 0 aromatic heterocycles. The molecule has 1 fully saturated rings. The highest BCUT2D eigenvalue weighted by Gasteiger charge is 2.43. The fourth-order valence-electron chi connectivity index (χ4n) is 5.19. The summed E-state index contributed by atoms with van der Waals surface area (Å²) in [5, 5.41) is 0. The lowest BCUT2D eigenvalue weighted by molar-refractivity contribution is -0.0161. The summed E-state index contributed by atoms with van der Waals surface area (Å²) in [6.45, 7) is 5.83. The van der Waals surface area contributed by atoms with E-state index in [1.165, 1.54) is 5.56 Å². The summed E-state index contributed by atoms with van der Waals surface area (Å²) in [6.07, 6.45) is 5.90. The molecule has 4 nitrogen and oxygen atoms in total. The number of para-hydroxylation sites is 1. The van der Waals surface area contributed by atoms with Gasteiger partial charge < -0.3 is 14.4 Å². The van der Waals surface area contributed by atoms with Gasteiger partial charge in [-0.25, -0.2) is 0 Å². The van der Waals surface area contributed by atoms with E-state index in [2.05, 4.69) is 44.4 Å². The molecule has 32 heavy (non-hydrogen) atoms. The molecule has 2 aromatic rings. The zero-order valence-electron chi connectivity index (χ0n) is 19.7. The number of carbonyl (C=O) groups excluding carboxylic acids is 1. The molecule has 0 saturated carbocycles. The first-order chi connectivity index (χ1) is 15.4. The van der Waals surface area contributed by atoms with Crippen molar-refractivity contribution in [3.63, 3.8) is 0 Å². The van der Waals surface area contributed by atoms with Crippen molar-refractivity contribution in [1.82, 2.24) is 4.90 Å². The van der Waals surface area contributed by atoms with Crippen LogP contribution in [0.4, 0.5) is 0 Å². The van der Waals surface area contributed by atoms with Gasteiger partial charge in [-0.2, -0.15) is 11.8 Å². The summed E-state index contributed by atoms with van der Waals surface area (Å²) in [6, 6.07) is 14.4. The number of methoxy groups -OCH3 is 1. The Morgan fingerprint density at radius 1 is 1.22 bits per heavy atom. The molecule has 5 heteroatoms. The average molecular weight is 454 g/mol. The summed E-state index contributed by atoms with van der Waals surface area (Å²) in [5.41, 5.74) is 3.04. The van der Waals surface area contributed by atoms with Gasteiger partial charge in [0.25, 0.3) is 5.91 Å². The van der Waals surface area contributed by atoms with Crippen molar-refractivity contribution < 1.29 is 14.3 Å². The second kappa shape index (κ2) is 9.78. The normalized spacial score (nSPS) is 19.5. The van der Waals surface area contributed by atoms with Crippen molar-refractivity contribution in [2.75, 3.05) is 32.2 Å². The summed E-state index contributed by atoms with van der Waals surface area (Å²) in [5.74, 6) is 4.08. The lowest BCUT2D eigenvalue weighted by atomic mass is 9.78. The molecule has 2 heterocycles. The van der Waals surface area contributed by atoms with Crippen LogP contribution < -0.4 is 9.47 Å². The van der Waals surface area contributed by atoms with E-state index >= 15 is 0 Å². The van der Waals surface area contributed by atoms with Crippen LogP contribution in [0.2, 0.25) is 0 Å². The minimum atomic E-state index is -0.162. The third-order valence-electron chi connectivity index (χ3n) is 6.80. The predicted octanol–water partition coefficient (Wildman–Crippen LogP) is 5.80. The molecule has 0 aliphatic carbocycles. The monoisotopic (exact) mass is 453 g/mol. The number of amides is 1. The summed E-state index contributed by atoms with van der Waals surface area (Å²) >= 11 is 1.90. The van der Waals surface area contributed by atoms with Gasteiger partial charge >= 0.3 is 0 Å². The zero-order valence-corrected chi connectivity index (χ0v) is 20.5. The average Bonchev–Trinajstić information content (AvgIpc) is 2.79. The van der Waals surface area contributed by atoms with Crippen LogP contribution in [-0.4, -0.2) is 48.6 Å². The zero-order chi connectivity index (χ0) is 22.7. The smallest absolute Gasteiger partial charge is 0.253 e. The first-order valence-corrected chi connectivity index (χ1v) is 13.1. The van der Waals surface area contributed by atoms with E-state index in [4.69, 9.17) is 9.47 Å². The Kier molecular flexibility index (Phi) is 7.04. The minimum absolute atomic E-state index is 0.0890. The van der Waals surface area contributed by atoms with Gasteiger partial charge in [0.05, 0.1) is 7.11 Å². The number of hydrogen-bond acceptors (Lipinski definition) is 4. The standard InChI is InChI=1S/C27H35NO3S/c1-19(2)15-20-9-10-21(16-25(20)30-3)26(29)28-13-11-27(12-14-28)17-22(18-32-4)23-7-5-6-8-24(23)31-27/h5-10,16,19,22H,11-15,17-18H2,1-4H3. The Labute approximate surface area is 196 Å². The summed E-state index contributed by atoms with van der Waals surface area (Å²) in [4.78, 5) is 15.2. The maximum Gasteiger partial charge on any atom is 0.253 e. The fourth-order valence-corrected chi connectivity index (χ4v) is 5.89. The first kappa shape index (κ1) is 23.0. The van der Waals surface area contributed by atoms with Gasteiger partial charge in [-0.1, -0.05) is 38.1 Å². The molecule has 2 aliphatic rings. The first-order valence-electron chi connectivity index (χ1n) is 11.7. The van der Waals surface area contributed by atoms with Crippen molar-refractivity contribution in [2.24, 2.45) is 5.92 Å². The molecule has 1 unspecified atom stereocenters. The SMILES string of the molecule is COc1cc(C(=O)N2CCC3(CC2)CC(CSC)c2ccccc2O3)ccc1CC(C)C. The van der Waals surface area contributed by atoms with Gasteiger partial charge in [-0.05, 0) is 54.3 Å². The maximum absolute atomic E-state index is 13.3. The predicted molar refractivity (Wildman–Crippen MR) is 132 cm³/mol. The Hall–Kier alpha value is -2.14. The van der Waals surface area contributed by atoms with Crippen LogP contribution in [-0.2, 0) is 6.42 Å². The highest BCUT2D eigenvalue weighted by molar-refractivity contribution is 7.98. The van der Waals surface area contributed by atoms with Crippen molar-refractivity contribution in [3.05, 3.63) is 59.2 Å². The Morgan fingerprint density at radius 3 is 2.66 bits per heavy atom. The molecule has 172 valence electrons. The molecule has 1 saturated heterocycles. The quantitative estimate of drug-likeness (QED) is 0.554. The number of thioether (sulfide) groups is 1. The topological polar surface area (TPSA) is 38.8 Å². The number of rotatable bonds is 6. The molecular weight excluding hydrogens is 418 g/mol. The van der Waals surface area contributed by atoms with E-state index in [0.717, 1.165) is 61.6 Å². The van der Waals surface area contributed by atoms with Gasteiger partial charge in [0.2, 0.25) is 0 Å². The van der Waals surface area contributed by atoms with Gasteiger partial charge in [-0.15, -0.1) is 0 Å². The molecule has 1 spiro atoms. The minimum Gasteiger partial charge on any atom is -0.496 e. The van der Waals surface area contributed by atoms with Gasteiger partial charge in [-0.3, -0.25) is 4.79 Å². The largest absolute Gasteiger partial charge is 0.496 e. The van der Waals surface area contributed by atoms with Gasteiger partial charge in [0, 0.05) is 43.2 Å². The highest BCUT2D eigenvalue weighted by atomic mass is 32.2. The number of fused-ring (bicyclic) bond motifs is 1. The van der Waals surface area contributed by atoms with E-state index in [1.807, 2.05) is 34.9 Å². The molecular formula is C27H35NO3S. The van der Waals surface area contributed by atoms with E-state index in [9.17, 15) is 4.79 Å². The number of hydrogen-bond donors (Lipinski definition) is 0. The summed E-state index contributed by atoms with van der Waals surface area (Å²) < 4.78 is 12.2. The Morgan fingerprint density at radius 2 is 1.97 bits per heavy atom. The third kappa shape index (κ3) is 4.78. The third-order valence-corrected chi connectivity index (χ3v) is 7.53. The molecule has 2 aromatic carbocycles. The van der Waals surface area contributed by atoms with E-state index in [-0.39, 0.29) is 11.5 Å². The van der Waals surface area contributed by atoms with Crippen molar-refractivity contribution in [3.8, 4) is 11.5 Å². The molecule has 0 radical (unpaired) electrons. The highest BCUT2D eigenvalue weighted by Crippen LogP contribution is 2.46. The van der Waals surface area contributed by atoms with Crippen molar-refractivity contribution in [2.45, 2.75) is 51.0 Å². The van der Waals surface area contributed by atoms with E-state index in [0.29, 0.717) is 17.4 Å². The molecule has 0 bridgehead atoms. The van der Waals surface area contributed by atoms with Gasteiger partial charge in [0.15, 0.2) is 0 Å². The van der Waals surface area contributed by atoms with Crippen molar-refractivity contribution in [1.29, 1.82) is 0 Å². The number of piperidine rings is 1. The number of nitrogens with zero attached hydrogens (tertiary/aromatic N) is 1. The van der Waals surface area contributed by atoms with Crippen LogP contribution >= 0.6 is 11.8 Å². The summed E-state index contributed by atoms with van der Waals surface area (Å²) in [7, 11) is 1.68. The fraction of sp³-hybridized carbons (Fsp3) is 0.519.